The minimum atomic E-state index is 0.253. The van der Waals surface area contributed by atoms with E-state index in [1.54, 1.807) is 11.3 Å². The number of rotatable bonds is 3. The molecule has 0 spiro atoms. The summed E-state index contributed by atoms with van der Waals surface area (Å²) < 4.78 is 2.01. The van der Waals surface area contributed by atoms with Crippen LogP contribution in [0.25, 0.3) is 4.96 Å². The molecule has 0 aliphatic carbocycles. The zero-order chi connectivity index (χ0) is 13.7. The average molecular weight is 289 g/mol. The molecule has 0 aromatic carbocycles. The Labute approximate surface area is 122 Å². The summed E-state index contributed by atoms with van der Waals surface area (Å²) in [6.45, 7) is 0. The summed E-state index contributed by atoms with van der Waals surface area (Å²) in [5, 5.41) is 2.02. The first-order chi connectivity index (χ1) is 9.70. The van der Waals surface area contributed by atoms with E-state index in [0.717, 1.165) is 23.5 Å². The Kier molecular flexibility index (Phi) is 2.93. The summed E-state index contributed by atoms with van der Waals surface area (Å²) in [7, 11) is 2.21. The molecule has 4 rings (SSSR count). The second kappa shape index (κ2) is 4.67. The SMILES string of the molecule is CN1C2CCC1CC(C(=O)Cc1cn3ccsc3n1)C2. The van der Waals surface area contributed by atoms with Gasteiger partial charge in [-0.1, -0.05) is 0 Å². The van der Waals surface area contributed by atoms with Crippen molar-refractivity contribution in [1.82, 2.24) is 14.3 Å². The maximum Gasteiger partial charge on any atom is 0.193 e. The summed E-state index contributed by atoms with van der Waals surface area (Å²) >= 11 is 1.62. The molecule has 4 nitrogen and oxygen atoms in total. The number of aromatic nitrogens is 2. The molecule has 106 valence electrons. The van der Waals surface area contributed by atoms with E-state index in [1.165, 1.54) is 12.8 Å². The Morgan fingerprint density at radius 2 is 2.15 bits per heavy atom. The molecule has 2 saturated heterocycles. The number of imidazole rings is 1. The molecule has 2 fully saturated rings. The molecule has 0 saturated carbocycles. The van der Waals surface area contributed by atoms with Gasteiger partial charge in [-0.3, -0.25) is 9.20 Å². The molecule has 2 atom stereocenters. The fourth-order valence-corrected chi connectivity index (χ4v) is 4.58. The lowest BCUT2D eigenvalue weighted by Crippen LogP contribution is -2.42. The number of hydrogen-bond acceptors (Lipinski definition) is 4. The molecule has 2 bridgehead atoms. The topological polar surface area (TPSA) is 37.6 Å². The van der Waals surface area contributed by atoms with Crippen molar-refractivity contribution in [2.45, 2.75) is 44.2 Å². The highest BCUT2D eigenvalue weighted by molar-refractivity contribution is 7.15. The quantitative estimate of drug-likeness (QED) is 0.870. The third kappa shape index (κ3) is 2.00. The Bertz CT molecular complexity index is 604. The molecule has 4 heterocycles. The van der Waals surface area contributed by atoms with Crippen LogP contribution in [0.15, 0.2) is 17.8 Å². The summed E-state index contributed by atoms with van der Waals surface area (Å²) in [6.07, 6.45) is 9.13. The second-order valence-corrected chi connectivity index (χ2v) is 7.06. The maximum absolute atomic E-state index is 12.5. The number of piperidine rings is 1. The predicted molar refractivity (Wildman–Crippen MR) is 79.1 cm³/mol. The van der Waals surface area contributed by atoms with Crippen molar-refractivity contribution in [2.75, 3.05) is 7.05 Å². The van der Waals surface area contributed by atoms with Gasteiger partial charge in [-0.2, -0.15) is 0 Å². The highest BCUT2D eigenvalue weighted by atomic mass is 32.1. The van der Waals surface area contributed by atoms with Crippen LogP contribution in [0, 0.1) is 5.92 Å². The van der Waals surface area contributed by atoms with Crippen LogP contribution in [0.5, 0.6) is 0 Å². The van der Waals surface area contributed by atoms with Gasteiger partial charge in [0.1, 0.15) is 5.78 Å². The van der Waals surface area contributed by atoms with Gasteiger partial charge in [0.05, 0.1) is 12.1 Å². The van der Waals surface area contributed by atoms with E-state index >= 15 is 0 Å². The number of nitrogens with zero attached hydrogens (tertiary/aromatic N) is 3. The zero-order valence-electron chi connectivity index (χ0n) is 11.7. The largest absolute Gasteiger partial charge is 0.300 e. The number of ketones is 1. The molecule has 2 aromatic rings. The van der Waals surface area contributed by atoms with Crippen LogP contribution < -0.4 is 0 Å². The van der Waals surface area contributed by atoms with Crippen molar-refractivity contribution < 1.29 is 4.79 Å². The number of carbonyl (C=O) groups is 1. The third-order valence-electron chi connectivity index (χ3n) is 5.05. The van der Waals surface area contributed by atoms with Crippen LogP contribution in [0.4, 0.5) is 0 Å². The molecule has 2 aliphatic rings. The van der Waals surface area contributed by atoms with Gasteiger partial charge in [-0.15, -0.1) is 11.3 Å². The van der Waals surface area contributed by atoms with Crippen LogP contribution in [0.3, 0.4) is 0 Å². The molecule has 0 amide bonds. The van der Waals surface area contributed by atoms with Crippen molar-refractivity contribution in [3.8, 4) is 0 Å². The van der Waals surface area contributed by atoms with Gasteiger partial charge in [-0.05, 0) is 32.7 Å². The van der Waals surface area contributed by atoms with Gasteiger partial charge in [-0.25, -0.2) is 4.98 Å². The molecule has 0 N–H and O–H groups in total. The zero-order valence-corrected chi connectivity index (χ0v) is 12.5. The lowest BCUT2D eigenvalue weighted by molar-refractivity contribution is -0.124. The van der Waals surface area contributed by atoms with Gasteiger partial charge in [0.25, 0.3) is 0 Å². The molecule has 20 heavy (non-hydrogen) atoms. The van der Waals surface area contributed by atoms with Crippen molar-refractivity contribution in [2.24, 2.45) is 5.92 Å². The normalized spacial score (nSPS) is 30.1. The van der Waals surface area contributed by atoms with E-state index in [-0.39, 0.29) is 5.92 Å². The number of thiazole rings is 1. The van der Waals surface area contributed by atoms with E-state index in [0.29, 0.717) is 24.3 Å². The van der Waals surface area contributed by atoms with E-state index < -0.39 is 0 Å². The maximum atomic E-state index is 12.5. The first-order valence-corrected chi connectivity index (χ1v) is 8.24. The first-order valence-electron chi connectivity index (χ1n) is 7.36. The van der Waals surface area contributed by atoms with Crippen molar-refractivity contribution in [1.29, 1.82) is 0 Å². The predicted octanol–water partition coefficient (Wildman–Crippen LogP) is 2.38. The van der Waals surface area contributed by atoms with Crippen LogP contribution >= 0.6 is 11.3 Å². The molecule has 2 aromatic heterocycles. The van der Waals surface area contributed by atoms with E-state index in [1.807, 2.05) is 22.2 Å². The number of hydrogen-bond donors (Lipinski definition) is 0. The summed E-state index contributed by atoms with van der Waals surface area (Å²) in [4.78, 5) is 20.5. The first kappa shape index (κ1) is 12.5. The molecular weight excluding hydrogens is 270 g/mol. The van der Waals surface area contributed by atoms with Gasteiger partial charge < -0.3 is 4.90 Å². The van der Waals surface area contributed by atoms with Crippen molar-refractivity contribution >= 4 is 22.1 Å². The van der Waals surface area contributed by atoms with Crippen LogP contribution in [-0.4, -0.2) is 39.2 Å². The molecular formula is C15H19N3OS. The van der Waals surface area contributed by atoms with Gasteiger partial charge in [0, 0.05) is 35.8 Å². The van der Waals surface area contributed by atoms with Crippen molar-refractivity contribution in [3.05, 3.63) is 23.5 Å². The summed E-state index contributed by atoms with van der Waals surface area (Å²) in [5.74, 6) is 0.643. The highest BCUT2D eigenvalue weighted by Gasteiger charge is 2.40. The molecule has 2 unspecified atom stereocenters. The Hall–Kier alpha value is -1.20. The number of carbonyl (C=O) groups excluding carboxylic acids is 1. The van der Waals surface area contributed by atoms with Crippen molar-refractivity contribution in [3.63, 3.8) is 0 Å². The van der Waals surface area contributed by atoms with Gasteiger partial charge in [0.15, 0.2) is 4.96 Å². The fraction of sp³-hybridized carbons (Fsp3) is 0.600. The monoisotopic (exact) mass is 289 g/mol. The van der Waals surface area contributed by atoms with Crippen LogP contribution in [0.1, 0.15) is 31.4 Å². The van der Waals surface area contributed by atoms with E-state index in [4.69, 9.17) is 0 Å². The molecule has 5 heteroatoms. The number of Topliss-reactive ketones (excluding diaryl/α,β-unsaturated/α-hetero) is 1. The van der Waals surface area contributed by atoms with E-state index in [9.17, 15) is 4.79 Å². The lowest BCUT2D eigenvalue weighted by atomic mass is 9.86. The number of fused-ring (bicyclic) bond motifs is 3. The third-order valence-corrected chi connectivity index (χ3v) is 5.82. The molecule has 2 aliphatic heterocycles. The van der Waals surface area contributed by atoms with E-state index in [2.05, 4.69) is 16.9 Å². The Balaban J connectivity index is 1.47. The van der Waals surface area contributed by atoms with Crippen LogP contribution in [-0.2, 0) is 11.2 Å². The highest BCUT2D eigenvalue weighted by Crippen LogP contribution is 2.38. The minimum Gasteiger partial charge on any atom is -0.300 e. The standard InChI is InChI=1S/C15H19N3OS/c1-17-12-2-3-13(17)7-10(6-12)14(19)8-11-9-18-4-5-20-15(18)16-11/h4-5,9-10,12-13H,2-3,6-8H2,1H3. The lowest BCUT2D eigenvalue weighted by Gasteiger charge is -2.35. The Morgan fingerprint density at radius 1 is 1.40 bits per heavy atom. The molecule has 0 radical (unpaired) electrons. The van der Waals surface area contributed by atoms with Gasteiger partial charge >= 0.3 is 0 Å². The fourth-order valence-electron chi connectivity index (χ4n) is 3.86. The summed E-state index contributed by atoms with van der Waals surface area (Å²) in [6, 6.07) is 1.27. The summed E-state index contributed by atoms with van der Waals surface area (Å²) in [5.41, 5.74) is 0.924. The minimum absolute atomic E-state index is 0.253. The Morgan fingerprint density at radius 3 is 2.85 bits per heavy atom. The smallest absolute Gasteiger partial charge is 0.193 e. The van der Waals surface area contributed by atoms with Crippen LogP contribution in [0.2, 0.25) is 0 Å². The average Bonchev–Trinajstić information content (AvgIpc) is 3.02. The second-order valence-electron chi connectivity index (χ2n) is 6.19. The van der Waals surface area contributed by atoms with Gasteiger partial charge in [0.2, 0.25) is 0 Å².